The van der Waals surface area contributed by atoms with Crippen LogP contribution >= 0.6 is 0 Å². The van der Waals surface area contributed by atoms with Gasteiger partial charge in [-0.3, -0.25) is 0 Å². The van der Waals surface area contributed by atoms with Gasteiger partial charge in [0.2, 0.25) is 0 Å². The fraction of sp³-hybridized carbons (Fsp3) is 0.0833. The minimum atomic E-state index is 0.312. The minimum Gasteiger partial charge on any atom is -0.497 e. The monoisotopic (exact) mass is 411 g/mol. The maximum atomic E-state index is 5.79. The van der Waals surface area contributed by atoms with E-state index in [9.17, 15) is 0 Å². The molecule has 7 nitrogen and oxygen atoms in total. The van der Waals surface area contributed by atoms with Crippen LogP contribution < -0.4 is 14.9 Å². The zero-order valence-corrected chi connectivity index (χ0v) is 17.0. The molecule has 0 amide bonds. The van der Waals surface area contributed by atoms with E-state index in [2.05, 4.69) is 25.7 Å². The van der Waals surface area contributed by atoms with Crippen molar-refractivity contribution in [3.8, 4) is 22.8 Å². The Morgan fingerprint density at radius 3 is 2.39 bits per heavy atom. The molecule has 0 atom stereocenters. The van der Waals surface area contributed by atoms with E-state index in [1.54, 1.807) is 19.5 Å². The van der Waals surface area contributed by atoms with Gasteiger partial charge < -0.3 is 9.47 Å². The van der Waals surface area contributed by atoms with Crippen molar-refractivity contribution < 1.29 is 9.47 Å². The van der Waals surface area contributed by atoms with Crippen molar-refractivity contribution in [3.63, 3.8) is 0 Å². The van der Waals surface area contributed by atoms with Crippen molar-refractivity contribution in [3.05, 3.63) is 96.2 Å². The maximum absolute atomic E-state index is 5.79. The van der Waals surface area contributed by atoms with Crippen LogP contribution in [0.2, 0.25) is 0 Å². The van der Waals surface area contributed by atoms with Crippen LogP contribution in [0.5, 0.6) is 11.5 Å². The van der Waals surface area contributed by atoms with E-state index in [0.29, 0.717) is 18.2 Å². The van der Waals surface area contributed by atoms with Crippen LogP contribution in [0.1, 0.15) is 11.1 Å². The summed E-state index contributed by atoms with van der Waals surface area (Å²) >= 11 is 0. The molecule has 1 heterocycles. The van der Waals surface area contributed by atoms with Crippen LogP contribution in [0.3, 0.4) is 0 Å². The van der Waals surface area contributed by atoms with Crippen molar-refractivity contribution in [2.24, 2.45) is 5.10 Å². The van der Waals surface area contributed by atoms with Gasteiger partial charge in [-0.1, -0.05) is 30.3 Å². The van der Waals surface area contributed by atoms with E-state index in [0.717, 1.165) is 28.2 Å². The number of aromatic nitrogens is 3. The first-order valence-electron chi connectivity index (χ1n) is 9.70. The Morgan fingerprint density at radius 2 is 1.65 bits per heavy atom. The van der Waals surface area contributed by atoms with Gasteiger partial charge in [0, 0.05) is 5.56 Å². The summed E-state index contributed by atoms with van der Waals surface area (Å²) in [5.74, 6) is 1.89. The molecule has 0 aliphatic heterocycles. The van der Waals surface area contributed by atoms with Crippen LogP contribution in [0, 0.1) is 0 Å². The quantitative estimate of drug-likeness (QED) is 0.338. The highest BCUT2D eigenvalue weighted by Crippen LogP contribution is 2.20. The first kappa shape index (κ1) is 20.0. The van der Waals surface area contributed by atoms with Crippen LogP contribution in [0.25, 0.3) is 11.3 Å². The van der Waals surface area contributed by atoms with Crippen LogP contribution in [0.4, 0.5) is 5.95 Å². The first-order chi connectivity index (χ1) is 15.3. The second-order valence-corrected chi connectivity index (χ2v) is 6.61. The average molecular weight is 411 g/mol. The highest BCUT2D eigenvalue weighted by molar-refractivity contribution is 5.80. The normalized spacial score (nSPS) is 10.7. The number of ether oxygens (including phenoxy) is 2. The molecule has 0 radical (unpaired) electrons. The molecule has 154 valence electrons. The summed E-state index contributed by atoms with van der Waals surface area (Å²) in [6.45, 7) is 0.532. The van der Waals surface area contributed by atoms with E-state index in [1.165, 1.54) is 0 Å². The summed E-state index contributed by atoms with van der Waals surface area (Å²) in [4.78, 5) is 4.44. The summed E-state index contributed by atoms with van der Waals surface area (Å²) in [6.07, 6.45) is 3.29. The summed E-state index contributed by atoms with van der Waals surface area (Å²) in [5, 5.41) is 12.2. The summed E-state index contributed by atoms with van der Waals surface area (Å²) in [6, 6.07) is 25.3. The smallest absolute Gasteiger partial charge is 0.263 e. The fourth-order valence-corrected chi connectivity index (χ4v) is 2.81. The van der Waals surface area contributed by atoms with Gasteiger partial charge in [-0.25, -0.2) is 10.4 Å². The molecular weight excluding hydrogens is 390 g/mol. The van der Waals surface area contributed by atoms with Crippen LogP contribution in [0.15, 0.2) is 90.2 Å². The number of benzene rings is 3. The summed E-state index contributed by atoms with van der Waals surface area (Å²) in [5.41, 5.74) is 6.46. The molecule has 0 spiro atoms. The van der Waals surface area contributed by atoms with Gasteiger partial charge in [-0.05, 0) is 59.7 Å². The molecule has 0 aliphatic carbocycles. The van der Waals surface area contributed by atoms with E-state index in [-0.39, 0.29) is 0 Å². The Morgan fingerprint density at radius 1 is 0.903 bits per heavy atom. The van der Waals surface area contributed by atoms with Crippen molar-refractivity contribution in [2.45, 2.75) is 6.61 Å². The number of hydrogen-bond donors (Lipinski definition) is 1. The van der Waals surface area contributed by atoms with Gasteiger partial charge >= 0.3 is 0 Å². The average Bonchev–Trinajstić information content (AvgIpc) is 2.84. The second kappa shape index (κ2) is 9.98. The van der Waals surface area contributed by atoms with Crippen molar-refractivity contribution >= 4 is 12.2 Å². The standard InChI is InChI=1S/C24H21N5O2/c1-30-21-13-9-20(10-14-21)23-16-26-29-24(27-23)28-25-15-18-7-11-22(12-8-18)31-17-19-5-3-2-4-6-19/h2-16H,17H2,1H3,(H,27,28,29). The molecule has 0 aliphatic rings. The molecule has 31 heavy (non-hydrogen) atoms. The summed E-state index contributed by atoms with van der Waals surface area (Å²) < 4.78 is 11.0. The van der Waals surface area contributed by atoms with Gasteiger partial charge in [0.05, 0.1) is 25.2 Å². The lowest BCUT2D eigenvalue weighted by Crippen LogP contribution is -2.00. The highest BCUT2D eigenvalue weighted by atomic mass is 16.5. The molecule has 0 saturated heterocycles. The molecule has 7 heteroatoms. The first-order valence-corrected chi connectivity index (χ1v) is 9.70. The number of anilines is 1. The maximum Gasteiger partial charge on any atom is 0.263 e. The van der Waals surface area contributed by atoms with Gasteiger partial charge in [-0.2, -0.15) is 10.2 Å². The lowest BCUT2D eigenvalue weighted by molar-refractivity contribution is 0.306. The van der Waals surface area contributed by atoms with Crippen molar-refractivity contribution in [1.82, 2.24) is 15.2 Å². The molecule has 0 bridgehead atoms. The predicted molar refractivity (Wildman–Crippen MR) is 120 cm³/mol. The van der Waals surface area contributed by atoms with E-state index < -0.39 is 0 Å². The van der Waals surface area contributed by atoms with Gasteiger partial charge in [0.15, 0.2) is 0 Å². The Balaban J connectivity index is 1.34. The lowest BCUT2D eigenvalue weighted by atomic mass is 10.1. The molecule has 0 unspecified atom stereocenters. The van der Waals surface area contributed by atoms with Crippen molar-refractivity contribution in [1.29, 1.82) is 0 Å². The zero-order valence-electron chi connectivity index (χ0n) is 17.0. The Bertz CT molecular complexity index is 1130. The Hall–Kier alpha value is -4.26. The SMILES string of the molecule is COc1ccc(-c2cnnc(NN=Cc3ccc(OCc4ccccc4)cc3)n2)cc1. The molecule has 3 aromatic carbocycles. The number of nitrogens with one attached hydrogen (secondary N) is 1. The van der Waals surface area contributed by atoms with E-state index >= 15 is 0 Å². The number of nitrogens with zero attached hydrogens (tertiary/aromatic N) is 4. The van der Waals surface area contributed by atoms with Gasteiger partial charge in [0.1, 0.15) is 18.1 Å². The largest absolute Gasteiger partial charge is 0.497 e. The third-order valence-corrected chi connectivity index (χ3v) is 4.45. The van der Waals surface area contributed by atoms with E-state index in [1.807, 2.05) is 78.9 Å². The molecule has 4 rings (SSSR count). The Labute approximate surface area is 180 Å². The topological polar surface area (TPSA) is 81.5 Å². The molecule has 0 saturated carbocycles. The Kier molecular flexibility index (Phi) is 6.45. The number of hydrogen-bond acceptors (Lipinski definition) is 7. The highest BCUT2D eigenvalue weighted by Gasteiger charge is 2.03. The number of rotatable bonds is 8. The predicted octanol–water partition coefficient (Wildman–Crippen LogP) is 4.57. The van der Waals surface area contributed by atoms with E-state index in [4.69, 9.17) is 9.47 Å². The van der Waals surface area contributed by atoms with Crippen LogP contribution in [-0.4, -0.2) is 28.5 Å². The van der Waals surface area contributed by atoms with Crippen LogP contribution in [-0.2, 0) is 6.61 Å². The molecule has 0 fully saturated rings. The lowest BCUT2D eigenvalue weighted by Gasteiger charge is -2.06. The summed E-state index contributed by atoms with van der Waals surface area (Å²) in [7, 11) is 1.63. The minimum absolute atomic E-state index is 0.312. The fourth-order valence-electron chi connectivity index (χ4n) is 2.81. The molecule has 4 aromatic rings. The van der Waals surface area contributed by atoms with Gasteiger partial charge in [-0.15, -0.1) is 5.10 Å². The molecule has 1 aromatic heterocycles. The zero-order chi connectivity index (χ0) is 21.3. The van der Waals surface area contributed by atoms with Gasteiger partial charge in [0.25, 0.3) is 5.95 Å². The third-order valence-electron chi connectivity index (χ3n) is 4.45. The number of hydrazone groups is 1. The van der Waals surface area contributed by atoms with Crippen molar-refractivity contribution in [2.75, 3.05) is 12.5 Å². The third kappa shape index (κ3) is 5.63. The second-order valence-electron chi connectivity index (χ2n) is 6.61. The number of methoxy groups -OCH3 is 1. The molecule has 1 N–H and O–H groups in total. The molecular formula is C24H21N5O2.